The summed E-state index contributed by atoms with van der Waals surface area (Å²) in [6.45, 7) is 10.2. The third-order valence-corrected chi connectivity index (χ3v) is 4.43. The zero-order valence-electron chi connectivity index (χ0n) is 13.4. The van der Waals surface area contributed by atoms with Crippen LogP contribution >= 0.6 is 0 Å². The van der Waals surface area contributed by atoms with Gasteiger partial charge in [-0.1, -0.05) is 26.8 Å². The van der Waals surface area contributed by atoms with E-state index in [1.54, 1.807) is 0 Å². The van der Waals surface area contributed by atoms with Gasteiger partial charge in [-0.3, -0.25) is 0 Å². The molecule has 1 aliphatic rings. The van der Waals surface area contributed by atoms with E-state index in [-0.39, 0.29) is 0 Å². The summed E-state index contributed by atoms with van der Waals surface area (Å²) in [6, 6.07) is 6.37. The minimum atomic E-state index is 0.428. The normalized spacial score (nSPS) is 20.8. The van der Waals surface area contributed by atoms with Gasteiger partial charge in [0.05, 0.1) is 5.69 Å². The summed E-state index contributed by atoms with van der Waals surface area (Å²) in [5.74, 6) is 1.97. The second-order valence-electron chi connectivity index (χ2n) is 7.00. The molecular formula is C17H29N3. The van der Waals surface area contributed by atoms with Gasteiger partial charge in [-0.15, -0.1) is 0 Å². The molecule has 1 N–H and O–H groups in total. The summed E-state index contributed by atoms with van der Waals surface area (Å²) in [6.07, 6.45) is 3.90. The highest BCUT2D eigenvalue weighted by Gasteiger charge is 2.27. The Morgan fingerprint density at radius 3 is 2.75 bits per heavy atom. The van der Waals surface area contributed by atoms with E-state index in [9.17, 15) is 0 Å². The SMILES string of the molecule is CNCc1cccc(N2CCCC(C(C)(C)C)CC2)n1. The number of nitrogens with one attached hydrogen (secondary N) is 1. The molecule has 1 saturated heterocycles. The molecule has 0 saturated carbocycles. The molecule has 0 amide bonds. The number of hydrogen-bond donors (Lipinski definition) is 1. The van der Waals surface area contributed by atoms with E-state index in [4.69, 9.17) is 4.98 Å². The van der Waals surface area contributed by atoms with Crippen LogP contribution in [0.5, 0.6) is 0 Å². The largest absolute Gasteiger partial charge is 0.357 e. The third kappa shape index (κ3) is 3.95. The van der Waals surface area contributed by atoms with Crippen molar-refractivity contribution in [1.82, 2.24) is 10.3 Å². The topological polar surface area (TPSA) is 28.2 Å². The maximum absolute atomic E-state index is 4.78. The summed E-state index contributed by atoms with van der Waals surface area (Å²) < 4.78 is 0. The lowest BCUT2D eigenvalue weighted by atomic mass is 9.77. The lowest BCUT2D eigenvalue weighted by Crippen LogP contribution is -2.27. The van der Waals surface area contributed by atoms with E-state index < -0.39 is 0 Å². The van der Waals surface area contributed by atoms with E-state index in [0.717, 1.165) is 37.1 Å². The van der Waals surface area contributed by atoms with Crippen molar-refractivity contribution in [2.75, 3.05) is 25.0 Å². The standard InChI is InChI=1S/C17H29N3/c1-17(2,3)14-7-6-11-20(12-10-14)16-9-5-8-15(19-16)13-18-4/h5,8-9,14,18H,6-7,10-13H2,1-4H3. The molecule has 1 unspecified atom stereocenters. The van der Waals surface area contributed by atoms with Crippen LogP contribution in [0.3, 0.4) is 0 Å². The molecule has 3 nitrogen and oxygen atoms in total. The second-order valence-corrected chi connectivity index (χ2v) is 7.00. The zero-order valence-corrected chi connectivity index (χ0v) is 13.4. The first-order chi connectivity index (χ1) is 9.50. The summed E-state index contributed by atoms with van der Waals surface area (Å²) in [5.41, 5.74) is 1.55. The number of hydrogen-bond acceptors (Lipinski definition) is 3. The van der Waals surface area contributed by atoms with Gasteiger partial charge in [0.1, 0.15) is 5.82 Å². The monoisotopic (exact) mass is 275 g/mol. The Morgan fingerprint density at radius 1 is 1.25 bits per heavy atom. The van der Waals surface area contributed by atoms with Crippen molar-refractivity contribution in [2.45, 2.75) is 46.6 Å². The summed E-state index contributed by atoms with van der Waals surface area (Å²) >= 11 is 0. The van der Waals surface area contributed by atoms with E-state index >= 15 is 0 Å². The molecule has 112 valence electrons. The molecule has 1 aliphatic heterocycles. The maximum Gasteiger partial charge on any atom is 0.128 e. The fraction of sp³-hybridized carbons (Fsp3) is 0.706. The molecule has 1 atom stereocenters. The number of rotatable bonds is 3. The van der Waals surface area contributed by atoms with Gasteiger partial charge >= 0.3 is 0 Å². The minimum absolute atomic E-state index is 0.428. The van der Waals surface area contributed by atoms with E-state index in [0.29, 0.717) is 5.41 Å². The van der Waals surface area contributed by atoms with Crippen LogP contribution in [0.25, 0.3) is 0 Å². The van der Waals surface area contributed by atoms with Crippen LogP contribution in [0.2, 0.25) is 0 Å². The first-order valence-corrected chi connectivity index (χ1v) is 7.86. The van der Waals surface area contributed by atoms with E-state index in [2.05, 4.69) is 49.2 Å². The fourth-order valence-electron chi connectivity index (χ4n) is 3.11. The summed E-state index contributed by atoms with van der Waals surface area (Å²) in [4.78, 5) is 7.24. The van der Waals surface area contributed by atoms with Gasteiger partial charge in [0.25, 0.3) is 0 Å². The second kappa shape index (κ2) is 6.57. The highest BCUT2D eigenvalue weighted by molar-refractivity contribution is 5.39. The molecule has 0 aromatic carbocycles. The van der Waals surface area contributed by atoms with Crippen LogP contribution in [0.4, 0.5) is 5.82 Å². The Labute approximate surface area is 123 Å². The Kier molecular flexibility index (Phi) is 5.03. The Morgan fingerprint density at radius 2 is 2.05 bits per heavy atom. The lowest BCUT2D eigenvalue weighted by molar-refractivity contribution is 0.220. The molecular weight excluding hydrogens is 246 g/mol. The number of pyridine rings is 1. The van der Waals surface area contributed by atoms with Crippen molar-refractivity contribution < 1.29 is 0 Å². The van der Waals surface area contributed by atoms with Crippen LogP contribution in [0, 0.1) is 11.3 Å². The lowest BCUT2D eigenvalue weighted by Gasteiger charge is -2.30. The molecule has 0 bridgehead atoms. The van der Waals surface area contributed by atoms with Gasteiger partial charge in [-0.2, -0.15) is 0 Å². The van der Waals surface area contributed by atoms with Crippen LogP contribution in [0.15, 0.2) is 18.2 Å². The van der Waals surface area contributed by atoms with E-state index in [1.165, 1.54) is 19.3 Å². The quantitative estimate of drug-likeness (QED) is 0.915. The fourth-order valence-corrected chi connectivity index (χ4v) is 3.11. The predicted octanol–water partition coefficient (Wildman–Crippen LogP) is 3.45. The molecule has 1 aromatic rings. The first-order valence-electron chi connectivity index (χ1n) is 7.86. The van der Waals surface area contributed by atoms with Gasteiger partial charge in [0, 0.05) is 19.6 Å². The molecule has 20 heavy (non-hydrogen) atoms. The van der Waals surface area contributed by atoms with E-state index in [1.807, 2.05) is 7.05 Å². The highest BCUT2D eigenvalue weighted by Crippen LogP contribution is 2.34. The molecule has 0 aliphatic carbocycles. The van der Waals surface area contributed by atoms with Crippen LogP contribution in [-0.4, -0.2) is 25.1 Å². The van der Waals surface area contributed by atoms with Crippen LogP contribution in [-0.2, 0) is 6.54 Å². The molecule has 3 heteroatoms. The molecule has 1 aromatic heterocycles. The van der Waals surface area contributed by atoms with Gasteiger partial charge in [-0.25, -0.2) is 4.98 Å². The van der Waals surface area contributed by atoms with Gasteiger partial charge in [0.15, 0.2) is 0 Å². The molecule has 2 rings (SSSR count). The molecule has 2 heterocycles. The average Bonchev–Trinajstić information content (AvgIpc) is 2.64. The summed E-state index contributed by atoms with van der Waals surface area (Å²) in [7, 11) is 1.97. The highest BCUT2D eigenvalue weighted by atomic mass is 15.2. The van der Waals surface area contributed by atoms with Crippen molar-refractivity contribution in [1.29, 1.82) is 0 Å². The number of nitrogens with zero attached hydrogens (tertiary/aromatic N) is 2. The van der Waals surface area contributed by atoms with Gasteiger partial charge in [0.2, 0.25) is 0 Å². The minimum Gasteiger partial charge on any atom is -0.357 e. The van der Waals surface area contributed by atoms with Gasteiger partial charge < -0.3 is 10.2 Å². The predicted molar refractivity (Wildman–Crippen MR) is 86.0 cm³/mol. The van der Waals surface area contributed by atoms with Crippen molar-refractivity contribution in [3.63, 3.8) is 0 Å². The maximum atomic E-state index is 4.78. The number of aromatic nitrogens is 1. The molecule has 1 fully saturated rings. The molecule has 0 radical (unpaired) electrons. The third-order valence-electron chi connectivity index (χ3n) is 4.43. The van der Waals surface area contributed by atoms with Gasteiger partial charge in [-0.05, 0) is 49.8 Å². The molecule has 0 spiro atoms. The average molecular weight is 275 g/mol. The summed E-state index contributed by atoms with van der Waals surface area (Å²) in [5, 5.41) is 3.17. The van der Waals surface area contributed by atoms with Crippen molar-refractivity contribution >= 4 is 5.82 Å². The van der Waals surface area contributed by atoms with Crippen molar-refractivity contribution in [3.05, 3.63) is 23.9 Å². The van der Waals surface area contributed by atoms with Crippen molar-refractivity contribution in [3.8, 4) is 0 Å². The van der Waals surface area contributed by atoms with Crippen LogP contribution < -0.4 is 10.2 Å². The zero-order chi connectivity index (χ0) is 14.6. The Balaban J connectivity index is 2.05. The van der Waals surface area contributed by atoms with Crippen molar-refractivity contribution in [2.24, 2.45) is 11.3 Å². The first kappa shape index (κ1) is 15.3. The number of anilines is 1. The Bertz CT molecular complexity index is 422. The Hall–Kier alpha value is -1.09. The smallest absolute Gasteiger partial charge is 0.128 e. The van der Waals surface area contributed by atoms with Crippen LogP contribution in [0.1, 0.15) is 45.7 Å².